The van der Waals surface area contributed by atoms with Gasteiger partial charge in [0.2, 0.25) is 5.91 Å². The molecule has 2 rings (SSSR count). The first-order valence-electron chi connectivity index (χ1n) is 8.45. The van der Waals surface area contributed by atoms with Crippen LogP contribution in [0.4, 0.5) is 11.4 Å². The fourth-order valence-corrected chi connectivity index (χ4v) is 2.19. The zero-order valence-electron chi connectivity index (χ0n) is 16.6. The molecule has 0 spiro atoms. The first kappa shape index (κ1) is 25.2. The molecule has 0 bridgehead atoms. The number of carboxylic acids is 1. The predicted octanol–water partition coefficient (Wildman–Crippen LogP) is 1.91. The summed E-state index contributed by atoms with van der Waals surface area (Å²) in [7, 11) is 6.38. The van der Waals surface area contributed by atoms with Crippen molar-refractivity contribution < 1.29 is 24.3 Å². The van der Waals surface area contributed by atoms with Crippen LogP contribution in [-0.2, 0) is 4.79 Å². The number of alkyl halides is 1. The Kier molecular flexibility index (Phi) is 11.3. The number of benzene rings is 2. The lowest BCUT2D eigenvalue weighted by molar-refractivity contribution is -0.867. The van der Waals surface area contributed by atoms with Crippen LogP contribution >= 0.6 is 11.6 Å². The summed E-state index contributed by atoms with van der Waals surface area (Å²) >= 11 is 5.47. The molecule has 4 N–H and O–H groups in total. The molecular weight excluding hydrogens is 382 g/mol. The summed E-state index contributed by atoms with van der Waals surface area (Å²) in [6, 6.07) is 12.5. The Hall–Kier alpha value is -2.77. The van der Waals surface area contributed by atoms with Gasteiger partial charge in [0.1, 0.15) is 5.75 Å². The van der Waals surface area contributed by atoms with E-state index in [1.807, 2.05) is 0 Å². The van der Waals surface area contributed by atoms with Crippen molar-refractivity contribution in [3.8, 4) is 5.75 Å². The van der Waals surface area contributed by atoms with Gasteiger partial charge in [0.25, 0.3) is 0 Å². The van der Waals surface area contributed by atoms with Gasteiger partial charge in [-0.05, 0) is 30.3 Å². The quantitative estimate of drug-likeness (QED) is 0.309. The van der Waals surface area contributed by atoms with Crippen LogP contribution in [0.25, 0.3) is 0 Å². The SMILES string of the molecule is CC(=O)Nc1ccc(O)cc1.C[N+](C)(C)CCCl.Nc1ccccc1C(=O)[O-]. The zero-order chi connectivity index (χ0) is 21.7. The van der Waals surface area contributed by atoms with Gasteiger partial charge in [-0.2, -0.15) is 0 Å². The first-order chi connectivity index (χ1) is 13.0. The van der Waals surface area contributed by atoms with Crippen molar-refractivity contribution in [2.24, 2.45) is 0 Å². The largest absolute Gasteiger partial charge is 0.545 e. The summed E-state index contributed by atoms with van der Waals surface area (Å²) in [5.41, 5.74) is 6.27. The molecule has 0 aliphatic carbocycles. The maximum atomic E-state index is 10.5. The number of amides is 1. The number of phenols is 1. The van der Waals surface area contributed by atoms with Gasteiger partial charge in [0, 0.05) is 23.9 Å². The average molecular weight is 410 g/mol. The summed E-state index contributed by atoms with van der Waals surface area (Å²) in [4.78, 5) is 20.8. The molecule has 28 heavy (non-hydrogen) atoms. The Morgan fingerprint density at radius 3 is 1.96 bits per heavy atom. The van der Waals surface area contributed by atoms with E-state index in [1.165, 1.54) is 31.2 Å². The Balaban J connectivity index is 0.000000402. The van der Waals surface area contributed by atoms with E-state index in [4.69, 9.17) is 22.4 Å². The van der Waals surface area contributed by atoms with Gasteiger partial charge in [-0.15, -0.1) is 11.6 Å². The lowest BCUT2D eigenvalue weighted by atomic mass is 10.2. The number of nitrogens with two attached hydrogens (primary N) is 1. The number of hydrogen-bond donors (Lipinski definition) is 3. The molecule has 0 fully saturated rings. The zero-order valence-corrected chi connectivity index (χ0v) is 17.4. The van der Waals surface area contributed by atoms with Gasteiger partial charge < -0.3 is 30.5 Å². The molecular formula is C20H28ClN3O4. The summed E-state index contributed by atoms with van der Waals surface area (Å²) in [5, 5.41) is 21.7. The molecule has 8 heteroatoms. The number of carbonyl (C=O) groups excluding carboxylic acids is 2. The number of hydrogen-bond acceptors (Lipinski definition) is 5. The molecule has 154 valence electrons. The number of aromatic hydroxyl groups is 1. The summed E-state index contributed by atoms with van der Waals surface area (Å²) in [6.07, 6.45) is 0. The van der Waals surface area contributed by atoms with Crippen molar-refractivity contribution in [3.05, 3.63) is 54.1 Å². The Labute approximate surface area is 170 Å². The molecule has 0 atom stereocenters. The Morgan fingerprint density at radius 2 is 1.64 bits per heavy atom. The maximum absolute atomic E-state index is 10.5. The van der Waals surface area contributed by atoms with Gasteiger partial charge in [0.15, 0.2) is 0 Å². The summed E-state index contributed by atoms with van der Waals surface area (Å²) in [5.74, 6) is -0.406. The number of halogens is 1. The van der Waals surface area contributed by atoms with Crippen molar-refractivity contribution >= 4 is 34.9 Å². The number of para-hydroxylation sites is 1. The Morgan fingerprint density at radius 1 is 1.11 bits per heavy atom. The van der Waals surface area contributed by atoms with E-state index >= 15 is 0 Å². The fourth-order valence-electron chi connectivity index (χ4n) is 1.68. The second kappa shape index (κ2) is 12.6. The van der Waals surface area contributed by atoms with E-state index in [0.29, 0.717) is 5.69 Å². The van der Waals surface area contributed by atoms with E-state index in [9.17, 15) is 14.7 Å². The molecule has 0 aliphatic rings. The highest BCUT2D eigenvalue weighted by Crippen LogP contribution is 2.13. The van der Waals surface area contributed by atoms with Crippen LogP contribution in [0.1, 0.15) is 17.3 Å². The number of carbonyl (C=O) groups is 2. The van der Waals surface area contributed by atoms with Crippen molar-refractivity contribution in [3.63, 3.8) is 0 Å². The van der Waals surface area contributed by atoms with E-state index in [1.54, 1.807) is 24.3 Å². The highest BCUT2D eigenvalue weighted by Gasteiger charge is 2.02. The van der Waals surface area contributed by atoms with Gasteiger partial charge in [0.05, 0.1) is 39.5 Å². The smallest absolute Gasteiger partial charge is 0.221 e. The average Bonchev–Trinajstić information content (AvgIpc) is 2.57. The number of nitrogens with zero attached hydrogens (tertiary/aromatic N) is 1. The van der Waals surface area contributed by atoms with Crippen LogP contribution in [0.3, 0.4) is 0 Å². The number of nitrogens with one attached hydrogen (secondary N) is 1. The van der Waals surface area contributed by atoms with Crippen LogP contribution < -0.4 is 16.2 Å². The van der Waals surface area contributed by atoms with E-state index in [0.717, 1.165) is 16.9 Å². The van der Waals surface area contributed by atoms with Gasteiger partial charge >= 0.3 is 0 Å². The predicted molar refractivity (Wildman–Crippen MR) is 111 cm³/mol. The highest BCUT2D eigenvalue weighted by atomic mass is 35.5. The lowest BCUT2D eigenvalue weighted by Crippen LogP contribution is -2.35. The Bertz CT molecular complexity index is 744. The van der Waals surface area contributed by atoms with Gasteiger partial charge in [-0.3, -0.25) is 4.79 Å². The minimum Gasteiger partial charge on any atom is -0.545 e. The molecule has 2 aromatic carbocycles. The number of quaternary nitrogens is 1. The fraction of sp³-hybridized carbons (Fsp3) is 0.300. The lowest BCUT2D eigenvalue weighted by Gasteiger charge is -2.21. The molecule has 1 amide bonds. The molecule has 0 radical (unpaired) electrons. The third kappa shape index (κ3) is 12.6. The number of phenolic OH excluding ortho intramolecular Hbond substituents is 1. The number of aromatic carboxylic acids is 1. The molecule has 0 aliphatic heterocycles. The van der Waals surface area contributed by atoms with Crippen LogP contribution in [0.15, 0.2) is 48.5 Å². The second-order valence-corrected chi connectivity index (χ2v) is 7.18. The number of anilines is 2. The summed E-state index contributed by atoms with van der Waals surface area (Å²) in [6.45, 7) is 2.48. The third-order valence-corrected chi connectivity index (χ3v) is 3.29. The van der Waals surface area contributed by atoms with E-state index in [2.05, 4.69) is 26.5 Å². The van der Waals surface area contributed by atoms with Crippen molar-refractivity contribution in [1.29, 1.82) is 0 Å². The first-order valence-corrected chi connectivity index (χ1v) is 8.98. The number of rotatable bonds is 4. The van der Waals surface area contributed by atoms with Crippen LogP contribution in [0.2, 0.25) is 0 Å². The minimum atomic E-state index is -1.24. The normalized spacial score (nSPS) is 9.89. The third-order valence-electron chi connectivity index (χ3n) is 3.12. The number of nitrogen functional groups attached to an aromatic ring is 1. The molecule has 0 saturated heterocycles. The molecule has 2 aromatic rings. The topological polar surface area (TPSA) is 115 Å². The molecule has 0 aromatic heterocycles. The van der Waals surface area contributed by atoms with Crippen LogP contribution in [0.5, 0.6) is 5.75 Å². The maximum Gasteiger partial charge on any atom is 0.221 e. The number of carboxylic acid groups (broad SMARTS) is 1. The van der Waals surface area contributed by atoms with Crippen LogP contribution in [-0.4, -0.2) is 55.0 Å². The van der Waals surface area contributed by atoms with E-state index < -0.39 is 5.97 Å². The standard InChI is InChI=1S/C8H9NO2.C7H7NO2.C5H13ClN/c1-6(10)9-7-2-4-8(11)5-3-7;8-6-4-2-1-3-5(6)7(9)10;1-7(2,3)5-4-6/h2-5,11H,1H3,(H,9,10);1-4H,8H2,(H,9,10);4-5H2,1-3H3/q;;+1/p-1. The van der Waals surface area contributed by atoms with Crippen molar-refractivity contribution in [2.75, 3.05) is 44.6 Å². The van der Waals surface area contributed by atoms with E-state index in [-0.39, 0.29) is 22.9 Å². The summed E-state index contributed by atoms with van der Waals surface area (Å²) < 4.78 is 0.962. The van der Waals surface area contributed by atoms with Gasteiger partial charge in [-0.1, -0.05) is 18.2 Å². The van der Waals surface area contributed by atoms with Crippen molar-refractivity contribution in [2.45, 2.75) is 6.92 Å². The van der Waals surface area contributed by atoms with Crippen LogP contribution in [0, 0.1) is 0 Å². The molecule has 7 nitrogen and oxygen atoms in total. The molecule has 0 unspecified atom stereocenters. The second-order valence-electron chi connectivity index (χ2n) is 6.81. The van der Waals surface area contributed by atoms with Crippen molar-refractivity contribution in [1.82, 2.24) is 0 Å². The monoisotopic (exact) mass is 409 g/mol. The molecule has 0 saturated carbocycles. The van der Waals surface area contributed by atoms with Gasteiger partial charge in [-0.25, -0.2) is 0 Å². The minimum absolute atomic E-state index is 0.0440. The molecule has 0 heterocycles. The highest BCUT2D eigenvalue weighted by molar-refractivity contribution is 6.17.